The fourth-order valence-electron chi connectivity index (χ4n) is 2.42. The summed E-state index contributed by atoms with van der Waals surface area (Å²) in [5.41, 5.74) is 3.76. The Kier molecular flexibility index (Phi) is 3.30. The summed E-state index contributed by atoms with van der Waals surface area (Å²) >= 11 is 0. The molecule has 1 N–H and O–H groups in total. The Labute approximate surface area is 124 Å². The van der Waals surface area contributed by atoms with Crippen LogP contribution in [0.5, 0.6) is 0 Å². The SMILES string of the molecule is CC(C)(C)c1ccc(C(O)c2cn3ccccc3n2)cc1. The summed E-state index contributed by atoms with van der Waals surface area (Å²) < 4.78 is 1.92. The number of benzene rings is 1. The van der Waals surface area contributed by atoms with E-state index in [4.69, 9.17) is 0 Å². The smallest absolute Gasteiger partial charge is 0.137 e. The van der Waals surface area contributed by atoms with Crippen LogP contribution < -0.4 is 0 Å². The van der Waals surface area contributed by atoms with Crippen molar-refractivity contribution >= 4 is 5.65 Å². The Morgan fingerprint density at radius 2 is 1.76 bits per heavy atom. The third-order valence-electron chi connectivity index (χ3n) is 3.76. The molecule has 3 rings (SSSR count). The summed E-state index contributed by atoms with van der Waals surface area (Å²) in [5, 5.41) is 10.5. The van der Waals surface area contributed by atoms with Crippen molar-refractivity contribution in [1.82, 2.24) is 9.38 Å². The summed E-state index contributed by atoms with van der Waals surface area (Å²) in [6.45, 7) is 6.54. The van der Waals surface area contributed by atoms with Crippen molar-refractivity contribution in [3.8, 4) is 0 Å². The lowest BCUT2D eigenvalue weighted by Gasteiger charge is -2.19. The average Bonchev–Trinajstić information content (AvgIpc) is 2.89. The molecule has 0 saturated heterocycles. The van der Waals surface area contributed by atoms with Crippen LogP contribution in [0.3, 0.4) is 0 Å². The lowest BCUT2D eigenvalue weighted by atomic mass is 9.86. The van der Waals surface area contributed by atoms with Gasteiger partial charge >= 0.3 is 0 Å². The van der Waals surface area contributed by atoms with Crippen molar-refractivity contribution in [3.05, 3.63) is 71.7 Å². The van der Waals surface area contributed by atoms with E-state index in [9.17, 15) is 5.11 Å². The molecule has 2 aromatic heterocycles. The van der Waals surface area contributed by atoms with Gasteiger partial charge in [-0.3, -0.25) is 0 Å². The quantitative estimate of drug-likeness (QED) is 0.777. The van der Waals surface area contributed by atoms with E-state index in [1.54, 1.807) is 0 Å². The van der Waals surface area contributed by atoms with Crippen molar-refractivity contribution in [1.29, 1.82) is 0 Å². The molecule has 21 heavy (non-hydrogen) atoms. The maximum Gasteiger partial charge on any atom is 0.137 e. The van der Waals surface area contributed by atoms with Crippen LogP contribution in [-0.2, 0) is 5.41 Å². The highest BCUT2D eigenvalue weighted by Crippen LogP contribution is 2.26. The standard InChI is InChI=1S/C18H20N2O/c1-18(2,3)14-9-7-13(8-10-14)17(21)15-12-20-11-5-4-6-16(20)19-15/h4-12,17,21H,1-3H3. The molecule has 2 heterocycles. The lowest BCUT2D eigenvalue weighted by molar-refractivity contribution is 0.216. The average molecular weight is 280 g/mol. The van der Waals surface area contributed by atoms with Gasteiger partial charge in [-0.1, -0.05) is 51.1 Å². The van der Waals surface area contributed by atoms with Crippen molar-refractivity contribution in [2.75, 3.05) is 0 Å². The van der Waals surface area contributed by atoms with Gasteiger partial charge in [0.1, 0.15) is 11.8 Å². The van der Waals surface area contributed by atoms with Gasteiger partial charge in [0.25, 0.3) is 0 Å². The Balaban J connectivity index is 1.92. The number of imidazole rings is 1. The second kappa shape index (κ2) is 5.01. The third-order valence-corrected chi connectivity index (χ3v) is 3.76. The van der Waals surface area contributed by atoms with E-state index < -0.39 is 6.10 Å². The predicted octanol–water partition coefficient (Wildman–Crippen LogP) is 3.71. The number of aromatic nitrogens is 2. The molecule has 0 amide bonds. The van der Waals surface area contributed by atoms with Crippen LogP contribution in [0.15, 0.2) is 54.9 Å². The molecule has 0 aliphatic carbocycles. The van der Waals surface area contributed by atoms with Gasteiger partial charge in [0, 0.05) is 12.4 Å². The minimum atomic E-state index is -0.695. The molecule has 108 valence electrons. The van der Waals surface area contributed by atoms with E-state index in [0.29, 0.717) is 5.69 Å². The lowest BCUT2D eigenvalue weighted by Crippen LogP contribution is -2.11. The summed E-state index contributed by atoms with van der Waals surface area (Å²) in [6, 6.07) is 13.9. The topological polar surface area (TPSA) is 37.5 Å². The number of rotatable bonds is 2. The number of fused-ring (bicyclic) bond motifs is 1. The third kappa shape index (κ3) is 2.69. The van der Waals surface area contributed by atoms with Gasteiger partial charge in [-0.2, -0.15) is 0 Å². The van der Waals surface area contributed by atoms with Gasteiger partial charge in [0.05, 0.1) is 5.69 Å². The zero-order valence-electron chi connectivity index (χ0n) is 12.6. The van der Waals surface area contributed by atoms with Crippen molar-refractivity contribution < 1.29 is 5.11 Å². The van der Waals surface area contributed by atoms with E-state index in [-0.39, 0.29) is 5.41 Å². The Morgan fingerprint density at radius 3 is 2.38 bits per heavy atom. The summed E-state index contributed by atoms with van der Waals surface area (Å²) in [4.78, 5) is 4.47. The van der Waals surface area contributed by atoms with Crippen LogP contribution in [0.25, 0.3) is 5.65 Å². The van der Waals surface area contributed by atoms with E-state index in [2.05, 4.69) is 37.9 Å². The van der Waals surface area contributed by atoms with Crippen molar-refractivity contribution in [3.63, 3.8) is 0 Å². The first-order chi connectivity index (χ1) is 9.95. The number of pyridine rings is 1. The van der Waals surface area contributed by atoms with Crippen molar-refractivity contribution in [2.45, 2.75) is 32.3 Å². The second-order valence-corrected chi connectivity index (χ2v) is 6.41. The van der Waals surface area contributed by atoms with Gasteiger partial charge in [-0.05, 0) is 28.7 Å². The monoisotopic (exact) mass is 280 g/mol. The fourth-order valence-corrected chi connectivity index (χ4v) is 2.42. The largest absolute Gasteiger partial charge is 0.382 e. The maximum atomic E-state index is 10.5. The van der Waals surface area contributed by atoms with Crippen LogP contribution in [0.2, 0.25) is 0 Å². The molecule has 0 spiro atoms. The van der Waals surface area contributed by atoms with E-state index in [1.807, 2.05) is 47.1 Å². The van der Waals surface area contributed by atoms with E-state index in [1.165, 1.54) is 5.56 Å². The Bertz CT molecular complexity index is 718. The summed E-state index contributed by atoms with van der Waals surface area (Å²) in [7, 11) is 0. The normalized spacial score (nSPS) is 13.5. The molecule has 0 fully saturated rings. The van der Waals surface area contributed by atoms with Gasteiger partial charge < -0.3 is 9.51 Å². The minimum absolute atomic E-state index is 0.118. The van der Waals surface area contributed by atoms with Crippen LogP contribution >= 0.6 is 0 Å². The fraction of sp³-hybridized carbons (Fsp3) is 0.278. The van der Waals surface area contributed by atoms with Crippen LogP contribution in [-0.4, -0.2) is 14.5 Å². The molecule has 0 radical (unpaired) electrons. The minimum Gasteiger partial charge on any atom is -0.382 e. The first-order valence-corrected chi connectivity index (χ1v) is 7.17. The first-order valence-electron chi connectivity index (χ1n) is 7.17. The van der Waals surface area contributed by atoms with Gasteiger partial charge in [0.2, 0.25) is 0 Å². The molecule has 0 saturated carbocycles. The molecule has 1 unspecified atom stereocenters. The molecule has 0 aliphatic rings. The van der Waals surface area contributed by atoms with Crippen LogP contribution in [0.1, 0.15) is 43.7 Å². The molecule has 0 bridgehead atoms. The predicted molar refractivity (Wildman–Crippen MR) is 84.4 cm³/mol. The molecule has 1 aromatic carbocycles. The zero-order valence-corrected chi connectivity index (χ0v) is 12.6. The molecular formula is C18H20N2O. The highest BCUT2D eigenvalue weighted by Gasteiger charge is 2.17. The molecular weight excluding hydrogens is 260 g/mol. The zero-order chi connectivity index (χ0) is 15.0. The first kappa shape index (κ1) is 13.8. The van der Waals surface area contributed by atoms with E-state index >= 15 is 0 Å². The molecule has 3 nitrogen and oxygen atoms in total. The number of aliphatic hydroxyl groups excluding tert-OH is 1. The number of nitrogens with zero attached hydrogens (tertiary/aromatic N) is 2. The number of hydrogen-bond acceptors (Lipinski definition) is 2. The maximum absolute atomic E-state index is 10.5. The van der Waals surface area contributed by atoms with Crippen LogP contribution in [0, 0.1) is 0 Å². The van der Waals surface area contributed by atoms with Crippen LogP contribution in [0.4, 0.5) is 0 Å². The highest BCUT2D eigenvalue weighted by molar-refractivity contribution is 5.41. The van der Waals surface area contributed by atoms with Gasteiger partial charge in [0.15, 0.2) is 0 Å². The Morgan fingerprint density at radius 1 is 1.05 bits per heavy atom. The van der Waals surface area contributed by atoms with E-state index in [0.717, 1.165) is 11.2 Å². The Hall–Kier alpha value is -2.13. The van der Waals surface area contributed by atoms with Gasteiger partial charge in [-0.25, -0.2) is 4.98 Å². The molecule has 3 aromatic rings. The number of aliphatic hydroxyl groups is 1. The summed E-state index contributed by atoms with van der Waals surface area (Å²) in [6.07, 6.45) is 3.11. The number of hydrogen-bond donors (Lipinski definition) is 1. The molecule has 0 aliphatic heterocycles. The molecule has 1 atom stereocenters. The molecule has 3 heteroatoms. The van der Waals surface area contributed by atoms with Gasteiger partial charge in [-0.15, -0.1) is 0 Å². The van der Waals surface area contributed by atoms with Crippen molar-refractivity contribution in [2.24, 2.45) is 0 Å². The highest BCUT2D eigenvalue weighted by atomic mass is 16.3. The summed E-state index contributed by atoms with van der Waals surface area (Å²) in [5.74, 6) is 0. The second-order valence-electron chi connectivity index (χ2n) is 6.41.